The van der Waals surface area contributed by atoms with Crippen molar-refractivity contribution >= 4 is 11.8 Å². The van der Waals surface area contributed by atoms with Gasteiger partial charge in [-0.3, -0.25) is 10.2 Å². The smallest absolute Gasteiger partial charge is 0.320 e. The second-order valence-corrected chi connectivity index (χ2v) is 7.29. The summed E-state index contributed by atoms with van der Waals surface area (Å²) >= 11 is 0. The van der Waals surface area contributed by atoms with Gasteiger partial charge in [0.15, 0.2) is 0 Å². The normalized spacial score (nSPS) is 18.0. The van der Waals surface area contributed by atoms with Crippen LogP contribution in [0.15, 0.2) is 35.1 Å². The van der Waals surface area contributed by atoms with Crippen molar-refractivity contribution in [3.63, 3.8) is 0 Å². The van der Waals surface area contributed by atoms with Crippen LogP contribution < -0.4 is 10.6 Å². The number of nitrogens with zero attached hydrogens (tertiary/aromatic N) is 3. The lowest BCUT2D eigenvalue weighted by Crippen LogP contribution is -2.41. The van der Waals surface area contributed by atoms with E-state index in [1.165, 1.54) is 0 Å². The highest BCUT2D eigenvalue weighted by Gasteiger charge is 2.21. The number of furan rings is 1. The molecule has 7 heteroatoms. The number of nitrogens with one attached hydrogen (secondary N) is 2. The first-order valence-electron chi connectivity index (χ1n) is 10.0. The highest BCUT2D eigenvalue weighted by atomic mass is 16.3. The summed E-state index contributed by atoms with van der Waals surface area (Å²) in [6.45, 7) is 7.85. The molecule has 148 valence electrons. The molecule has 2 aromatic heterocycles. The Morgan fingerprint density at radius 1 is 1.37 bits per heavy atom. The molecule has 1 aliphatic heterocycles. The van der Waals surface area contributed by atoms with Crippen LogP contribution in [0.2, 0.25) is 0 Å². The van der Waals surface area contributed by atoms with Crippen molar-refractivity contribution in [2.24, 2.45) is 5.92 Å². The molecule has 3 rings (SSSR count). The van der Waals surface area contributed by atoms with E-state index < -0.39 is 0 Å². The number of carbonyl (C=O) groups excluding carboxylic acids is 1. The van der Waals surface area contributed by atoms with Crippen LogP contribution in [-0.4, -0.2) is 40.3 Å². The Labute approximate surface area is 161 Å². The minimum Gasteiger partial charge on any atom is -0.468 e. The SMILES string of the molecule is CCC(CC)n1nccc1NC(=O)NC[C@@H]1CCCN(Cc2ccco2)C1. The molecule has 3 heterocycles. The summed E-state index contributed by atoms with van der Waals surface area (Å²) in [6.07, 6.45) is 7.72. The second-order valence-electron chi connectivity index (χ2n) is 7.29. The van der Waals surface area contributed by atoms with Crippen molar-refractivity contribution in [3.05, 3.63) is 36.4 Å². The standard InChI is InChI=1S/C20H31N5O2/c1-3-17(4-2)25-19(9-10-22-25)23-20(26)21-13-16-7-5-11-24(14-16)15-18-8-6-12-27-18/h6,8-10,12,16-17H,3-5,7,11,13-15H2,1-2H3,(H2,21,23,26)/t16-/m0/s1. The maximum atomic E-state index is 12.4. The van der Waals surface area contributed by atoms with Crippen molar-refractivity contribution in [2.45, 2.75) is 52.1 Å². The van der Waals surface area contributed by atoms with E-state index in [-0.39, 0.29) is 6.03 Å². The minimum atomic E-state index is -0.161. The van der Waals surface area contributed by atoms with Crippen LogP contribution in [0.3, 0.4) is 0 Å². The fourth-order valence-electron chi connectivity index (χ4n) is 3.82. The molecule has 2 amide bonds. The molecule has 2 aromatic rings. The molecule has 0 aliphatic carbocycles. The highest BCUT2D eigenvalue weighted by molar-refractivity contribution is 5.88. The molecule has 0 bridgehead atoms. The number of carbonyl (C=O) groups is 1. The van der Waals surface area contributed by atoms with Crippen LogP contribution in [0.5, 0.6) is 0 Å². The van der Waals surface area contributed by atoms with Gasteiger partial charge >= 0.3 is 6.03 Å². The Balaban J connectivity index is 1.46. The lowest BCUT2D eigenvalue weighted by molar-refractivity contribution is 0.156. The van der Waals surface area contributed by atoms with E-state index in [9.17, 15) is 4.79 Å². The number of anilines is 1. The number of urea groups is 1. The Bertz CT molecular complexity index is 693. The molecule has 1 saturated heterocycles. The maximum Gasteiger partial charge on any atom is 0.320 e. The number of aromatic nitrogens is 2. The zero-order valence-corrected chi connectivity index (χ0v) is 16.4. The van der Waals surface area contributed by atoms with Crippen LogP contribution in [0.1, 0.15) is 51.3 Å². The largest absolute Gasteiger partial charge is 0.468 e. The van der Waals surface area contributed by atoms with Gasteiger partial charge in [0.05, 0.1) is 25.0 Å². The second kappa shape index (κ2) is 9.60. The zero-order valence-electron chi connectivity index (χ0n) is 16.4. The first-order valence-corrected chi connectivity index (χ1v) is 10.0. The number of rotatable bonds is 8. The van der Waals surface area contributed by atoms with Crippen molar-refractivity contribution in [2.75, 3.05) is 25.0 Å². The molecule has 1 fully saturated rings. The minimum absolute atomic E-state index is 0.161. The van der Waals surface area contributed by atoms with Crippen LogP contribution in [0.4, 0.5) is 10.6 Å². The number of likely N-dealkylation sites (tertiary alicyclic amines) is 1. The third-order valence-corrected chi connectivity index (χ3v) is 5.31. The molecule has 0 spiro atoms. The summed E-state index contributed by atoms with van der Waals surface area (Å²) in [4.78, 5) is 14.7. The fraction of sp³-hybridized carbons (Fsp3) is 0.600. The van der Waals surface area contributed by atoms with Gasteiger partial charge < -0.3 is 9.73 Å². The quantitative estimate of drug-likeness (QED) is 0.736. The fourth-order valence-corrected chi connectivity index (χ4v) is 3.82. The van der Waals surface area contributed by atoms with Crippen LogP contribution in [-0.2, 0) is 6.54 Å². The van der Waals surface area contributed by atoms with E-state index in [1.54, 1.807) is 12.5 Å². The van der Waals surface area contributed by atoms with Gasteiger partial charge in [-0.05, 0) is 50.3 Å². The lowest BCUT2D eigenvalue weighted by atomic mass is 9.98. The summed E-state index contributed by atoms with van der Waals surface area (Å²) in [5.74, 6) is 2.21. The molecule has 0 saturated carbocycles. The van der Waals surface area contributed by atoms with E-state index in [0.717, 1.165) is 56.9 Å². The van der Waals surface area contributed by atoms with Gasteiger partial charge in [0.1, 0.15) is 11.6 Å². The van der Waals surface area contributed by atoms with E-state index in [1.807, 2.05) is 22.9 Å². The Hall–Kier alpha value is -2.28. The lowest BCUT2D eigenvalue weighted by Gasteiger charge is -2.32. The third kappa shape index (κ3) is 5.35. The van der Waals surface area contributed by atoms with Crippen molar-refractivity contribution in [1.29, 1.82) is 0 Å². The van der Waals surface area contributed by atoms with Gasteiger partial charge in [0, 0.05) is 19.2 Å². The van der Waals surface area contributed by atoms with E-state index in [0.29, 0.717) is 18.5 Å². The number of amides is 2. The van der Waals surface area contributed by atoms with Gasteiger partial charge in [-0.15, -0.1) is 0 Å². The van der Waals surface area contributed by atoms with Gasteiger partial charge in [-0.1, -0.05) is 13.8 Å². The first kappa shape index (κ1) is 19.5. The molecular weight excluding hydrogens is 342 g/mol. The average molecular weight is 374 g/mol. The number of piperidine rings is 1. The molecule has 0 radical (unpaired) electrons. The van der Waals surface area contributed by atoms with Crippen LogP contribution >= 0.6 is 0 Å². The molecule has 1 atom stereocenters. The maximum absolute atomic E-state index is 12.4. The Morgan fingerprint density at radius 3 is 2.96 bits per heavy atom. The molecule has 27 heavy (non-hydrogen) atoms. The van der Waals surface area contributed by atoms with Gasteiger partial charge in [-0.2, -0.15) is 5.10 Å². The molecule has 7 nitrogen and oxygen atoms in total. The molecule has 2 N–H and O–H groups in total. The molecular formula is C20H31N5O2. The van der Waals surface area contributed by atoms with Crippen LogP contribution in [0, 0.1) is 5.92 Å². The van der Waals surface area contributed by atoms with E-state index in [4.69, 9.17) is 4.42 Å². The highest BCUT2D eigenvalue weighted by Crippen LogP contribution is 2.20. The zero-order chi connectivity index (χ0) is 19.1. The van der Waals surface area contributed by atoms with Gasteiger partial charge in [-0.25, -0.2) is 9.48 Å². The number of hydrogen-bond donors (Lipinski definition) is 2. The summed E-state index contributed by atoms with van der Waals surface area (Å²) in [5, 5.41) is 10.3. The molecule has 0 unspecified atom stereocenters. The first-order chi connectivity index (χ1) is 13.2. The number of hydrogen-bond acceptors (Lipinski definition) is 4. The summed E-state index contributed by atoms with van der Waals surface area (Å²) < 4.78 is 7.36. The van der Waals surface area contributed by atoms with Crippen molar-refractivity contribution < 1.29 is 9.21 Å². The van der Waals surface area contributed by atoms with Crippen molar-refractivity contribution in [1.82, 2.24) is 20.0 Å². The Kier molecular flexibility index (Phi) is 6.92. The molecule has 0 aromatic carbocycles. The Morgan fingerprint density at radius 2 is 2.22 bits per heavy atom. The summed E-state index contributed by atoms with van der Waals surface area (Å²) in [5.41, 5.74) is 0. The monoisotopic (exact) mass is 373 g/mol. The van der Waals surface area contributed by atoms with Gasteiger partial charge in [0.25, 0.3) is 0 Å². The average Bonchev–Trinajstić information content (AvgIpc) is 3.34. The summed E-state index contributed by atoms with van der Waals surface area (Å²) in [6, 6.07) is 5.94. The van der Waals surface area contributed by atoms with Crippen molar-refractivity contribution in [3.8, 4) is 0 Å². The summed E-state index contributed by atoms with van der Waals surface area (Å²) in [7, 11) is 0. The topological polar surface area (TPSA) is 75.3 Å². The van der Waals surface area contributed by atoms with E-state index in [2.05, 4.69) is 34.5 Å². The van der Waals surface area contributed by atoms with Gasteiger partial charge in [0.2, 0.25) is 0 Å². The molecule has 1 aliphatic rings. The predicted molar refractivity (Wildman–Crippen MR) is 106 cm³/mol. The van der Waals surface area contributed by atoms with E-state index >= 15 is 0 Å². The third-order valence-electron chi connectivity index (χ3n) is 5.31. The predicted octanol–water partition coefficient (Wildman–Crippen LogP) is 3.87. The van der Waals surface area contributed by atoms with Crippen LogP contribution in [0.25, 0.3) is 0 Å².